The first-order valence-corrected chi connectivity index (χ1v) is 16.4. The number of nitrogens with zero attached hydrogens (tertiary/aromatic N) is 2. The monoisotopic (exact) mass is 707 g/mol. The number of amides is 3. The zero-order chi connectivity index (χ0) is 31.8. The van der Waals surface area contributed by atoms with E-state index in [0.29, 0.717) is 38.2 Å². The summed E-state index contributed by atoms with van der Waals surface area (Å²) in [5.41, 5.74) is 1.91. The van der Waals surface area contributed by atoms with Crippen molar-refractivity contribution in [1.29, 1.82) is 0 Å². The lowest BCUT2D eigenvalue weighted by molar-refractivity contribution is -0.122. The van der Waals surface area contributed by atoms with E-state index in [1.807, 2.05) is 18.2 Å². The first-order chi connectivity index (χ1) is 21.7. The summed E-state index contributed by atoms with van der Waals surface area (Å²) in [6, 6.07) is 20.4. The molecule has 3 amide bonds. The van der Waals surface area contributed by atoms with Gasteiger partial charge in [0.15, 0.2) is 0 Å². The highest BCUT2D eigenvalue weighted by Crippen LogP contribution is 2.55. The van der Waals surface area contributed by atoms with Crippen LogP contribution in [0.5, 0.6) is 5.75 Å². The molecule has 3 aromatic carbocycles. The van der Waals surface area contributed by atoms with Crippen molar-refractivity contribution >= 4 is 74.1 Å². The molecule has 0 bridgehead atoms. The van der Waals surface area contributed by atoms with Gasteiger partial charge in [0.2, 0.25) is 17.7 Å². The van der Waals surface area contributed by atoms with Crippen LogP contribution in [0.2, 0.25) is 0 Å². The molecular formula is C32H26BrN3O7S2. The molecule has 6 rings (SSSR count). The number of anilines is 2. The van der Waals surface area contributed by atoms with Gasteiger partial charge in [-0.2, -0.15) is 0 Å². The van der Waals surface area contributed by atoms with Crippen LogP contribution in [0.15, 0.2) is 87.1 Å². The second kappa shape index (κ2) is 12.7. The fraction of sp³-hybridized carbons (Fsp3) is 0.219. The molecule has 45 heavy (non-hydrogen) atoms. The average molecular weight is 709 g/mol. The number of methoxy groups -OCH3 is 1. The smallest absolute Gasteiger partial charge is 0.338 e. The summed E-state index contributed by atoms with van der Waals surface area (Å²) in [6.07, 6.45) is 0. The molecule has 2 aliphatic heterocycles. The second-order valence-corrected chi connectivity index (χ2v) is 13.3. The molecule has 1 fully saturated rings. The lowest BCUT2D eigenvalue weighted by Gasteiger charge is -2.31. The van der Waals surface area contributed by atoms with Crippen molar-refractivity contribution < 1.29 is 28.7 Å². The van der Waals surface area contributed by atoms with Crippen molar-refractivity contribution in [3.05, 3.63) is 103 Å². The molecule has 1 saturated heterocycles. The molecule has 3 heterocycles. The minimum atomic E-state index is -0.831. The SMILES string of the molecule is CCOC(=O)c1ccc(NC(=O)Cn2c3c(sc2=O)[C@H](c2ccccc2OC)C2C(=O)N(c4ccc(Br)cc4)C(=O)C2S3)cc1. The third-order valence-corrected chi connectivity index (χ3v) is 10.7. The molecule has 2 unspecified atom stereocenters. The lowest BCUT2D eigenvalue weighted by Crippen LogP contribution is -2.33. The highest BCUT2D eigenvalue weighted by atomic mass is 79.9. The topological polar surface area (TPSA) is 124 Å². The highest BCUT2D eigenvalue weighted by molar-refractivity contribution is 9.10. The average Bonchev–Trinajstić information content (AvgIpc) is 3.48. The number of thiazole rings is 1. The van der Waals surface area contributed by atoms with E-state index in [-0.39, 0.29) is 29.8 Å². The van der Waals surface area contributed by atoms with Crippen LogP contribution in [0, 0.1) is 5.92 Å². The minimum absolute atomic E-state index is 0.247. The van der Waals surface area contributed by atoms with Gasteiger partial charge in [0.25, 0.3) is 0 Å². The number of halogens is 1. The third-order valence-electron chi connectivity index (χ3n) is 7.59. The van der Waals surface area contributed by atoms with Gasteiger partial charge in [0.1, 0.15) is 17.5 Å². The van der Waals surface area contributed by atoms with Crippen molar-refractivity contribution in [3.8, 4) is 5.75 Å². The highest BCUT2D eigenvalue weighted by Gasteiger charge is 2.57. The number of aromatic nitrogens is 1. The van der Waals surface area contributed by atoms with Gasteiger partial charge >= 0.3 is 10.8 Å². The number of thioether (sulfide) groups is 1. The van der Waals surface area contributed by atoms with E-state index in [1.54, 1.807) is 61.5 Å². The van der Waals surface area contributed by atoms with Crippen LogP contribution in [-0.4, -0.2) is 47.2 Å². The third kappa shape index (κ3) is 5.71. The van der Waals surface area contributed by atoms with Crippen LogP contribution < -0.4 is 19.8 Å². The zero-order valence-electron chi connectivity index (χ0n) is 24.0. The van der Waals surface area contributed by atoms with Crippen LogP contribution in [0.1, 0.15) is 33.6 Å². The standard InChI is InChI=1S/C32H26BrN3O7S2/c1-3-43-31(40)17-8-12-19(13-9-17)34-23(37)16-35-30-27(45-32(35)41)24(21-6-4-5-7-22(21)42-2)25-26(44-30)29(39)36(28(25)38)20-14-10-18(33)11-15-20/h4-15,24-26H,3,16H2,1-2H3,(H,34,37)/t24-,25?,26?/m1/s1. The Morgan fingerprint density at radius 2 is 1.67 bits per heavy atom. The summed E-state index contributed by atoms with van der Waals surface area (Å²) < 4.78 is 12.8. The quantitative estimate of drug-likeness (QED) is 0.194. The number of fused-ring (bicyclic) bond motifs is 2. The number of para-hydroxylation sites is 1. The summed E-state index contributed by atoms with van der Waals surface area (Å²) >= 11 is 5.49. The maximum absolute atomic E-state index is 14.1. The molecule has 4 aromatic rings. The van der Waals surface area contributed by atoms with Crippen molar-refractivity contribution in [1.82, 2.24) is 4.57 Å². The summed E-state index contributed by atoms with van der Waals surface area (Å²) in [6.45, 7) is 1.65. The maximum atomic E-state index is 14.1. The summed E-state index contributed by atoms with van der Waals surface area (Å²) in [4.78, 5) is 68.0. The molecule has 1 N–H and O–H groups in total. The van der Waals surface area contributed by atoms with E-state index < -0.39 is 29.0 Å². The van der Waals surface area contributed by atoms with Crippen molar-refractivity contribution in [3.63, 3.8) is 0 Å². The molecule has 0 spiro atoms. The van der Waals surface area contributed by atoms with E-state index in [1.165, 1.54) is 16.6 Å². The van der Waals surface area contributed by atoms with Gasteiger partial charge in [-0.1, -0.05) is 57.2 Å². The molecule has 3 atom stereocenters. The second-order valence-electron chi connectivity index (χ2n) is 10.2. The minimum Gasteiger partial charge on any atom is -0.496 e. The Morgan fingerprint density at radius 1 is 0.956 bits per heavy atom. The number of carbonyl (C=O) groups excluding carboxylic acids is 4. The van der Waals surface area contributed by atoms with Crippen molar-refractivity contribution in [2.45, 2.75) is 29.7 Å². The molecule has 2 aliphatic rings. The van der Waals surface area contributed by atoms with Gasteiger partial charge in [0.05, 0.1) is 35.9 Å². The van der Waals surface area contributed by atoms with Gasteiger partial charge in [0, 0.05) is 26.5 Å². The van der Waals surface area contributed by atoms with Crippen LogP contribution in [0.3, 0.4) is 0 Å². The number of rotatable bonds is 8. The van der Waals surface area contributed by atoms with E-state index in [0.717, 1.165) is 27.6 Å². The van der Waals surface area contributed by atoms with Crippen molar-refractivity contribution in [2.75, 3.05) is 23.9 Å². The molecule has 0 aliphatic carbocycles. The molecule has 0 radical (unpaired) electrons. The number of imide groups is 1. The predicted octanol–water partition coefficient (Wildman–Crippen LogP) is 5.29. The Morgan fingerprint density at radius 3 is 2.36 bits per heavy atom. The molecule has 0 saturated carbocycles. The first kappa shape index (κ1) is 30.8. The summed E-state index contributed by atoms with van der Waals surface area (Å²) in [5, 5.41) is 2.40. The first-order valence-electron chi connectivity index (χ1n) is 13.9. The number of hydrogen-bond donors (Lipinski definition) is 1. The molecule has 13 heteroatoms. The van der Waals surface area contributed by atoms with E-state index in [4.69, 9.17) is 9.47 Å². The molecule has 1 aromatic heterocycles. The Bertz CT molecular complexity index is 1870. The van der Waals surface area contributed by atoms with Crippen LogP contribution in [0.25, 0.3) is 0 Å². The van der Waals surface area contributed by atoms with E-state index >= 15 is 0 Å². The number of benzene rings is 3. The van der Waals surface area contributed by atoms with Gasteiger partial charge in [-0.3, -0.25) is 23.7 Å². The fourth-order valence-electron chi connectivity index (χ4n) is 5.61. The maximum Gasteiger partial charge on any atom is 0.338 e. The van der Waals surface area contributed by atoms with Gasteiger partial charge < -0.3 is 14.8 Å². The normalized spacial score (nSPS) is 18.7. The van der Waals surface area contributed by atoms with Crippen LogP contribution in [0.4, 0.5) is 11.4 Å². The lowest BCUT2D eigenvalue weighted by atomic mass is 9.82. The Kier molecular flexibility index (Phi) is 8.67. The molecule has 230 valence electrons. The number of nitrogens with one attached hydrogen (secondary N) is 1. The van der Waals surface area contributed by atoms with Gasteiger partial charge in [-0.15, -0.1) is 0 Å². The largest absolute Gasteiger partial charge is 0.496 e. The van der Waals surface area contributed by atoms with Gasteiger partial charge in [-0.05, 0) is 61.5 Å². The molecule has 10 nitrogen and oxygen atoms in total. The van der Waals surface area contributed by atoms with E-state index in [9.17, 15) is 24.0 Å². The summed E-state index contributed by atoms with van der Waals surface area (Å²) in [5.74, 6) is -2.62. The van der Waals surface area contributed by atoms with Crippen LogP contribution in [-0.2, 0) is 25.7 Å². The summed E-state index contributed by atoms with van der Waals surface area (Å²) in [7, 11) is 1.53. The zero-order valence-corrected chi connectivity index (χ0v) is 27.2. The van der Waals surface area contributed by atoms with Gasteiger partial charge in [-0.25, -0.2) is 9.69 Å². The Labute approximate surface area is 274 Å². The van der Waals surface area contributed by atoms with Crippen molar-refractivity contribution in [2.24, 2.45) is 5.92 Å². The van der Waals surface area contributed by atoms with Crippen LogP contribution >= 0.6 is 39.0 Å². The molecular weight excluding hydrogens is 682 g/mol. The predicted molar refractivity (Wildman–Crippen MR) is 174 cm³/mol. The Hall–Kier alpha value is -4.20. The fourth-order valence-corrected chi connectivity index (χ4v) is 8.64. The Balaban J connectivity index is 1.35. The number of esters is 1. The number of carbonyl (C=O) groups is 4. The number of ether oxygens (including phenoxy) is 2. The van der Waals surface area contributed by atoms with E-state index in [2.05, 4.69) is 21.2 Å². The number of hydrogen-bond acceptors (Lipinski definition) is 9.